The fourth-order valence-electron chi connectivity index (χ4n) is 5.26. The van der Waals surface area contributed by atoms with Crippen LogP contribution in [0.25, 0.3) is 21.9 Å². The SMILES string of the molecule is CCCCc1nc2c(N)nc3ccccc3c2n1CCCN(Cc1cccc(OCC(=O)O)c1F)C(=O)CN(CC)CC. The summed E-state index contributed by atoms with van der Waals surface area (Å²) >= 11 is 0. The third kappa shape index (κ3) is 7.59. The summed E-state index contributed by atoms with van der Waals surface area (Å²) in [5.41, 5.74) is 9.02. The first-order valence-corrected chi connectivity index (χ1v) is 14.9. The minimum atomic E-state index is -1.20. The van der Waals surface area contributed by atoms with Gasteiger partial charge in [0.1, 0.15) is 11.3 Å². The summed E-state index contributed by atoms with van der Waals surface area (Å²) in [5, 5.41) is 9.91. The number of fused-ring (bicyclic) bond motifs is 3. The number of unbranched alkanes of at least 4 members (excludes halogenated alkanes) is 1. The number of carboxylic acid groups (broad SMARTS) is 1. The number of benzene rings is 2. The van der Waals surface area contributed by atoms with Crippen LogP contribution >= 0.6 is 0 Å². The van der Waals surface area contributed by atoms with E-state index in [9.17, 15) is 9.59 Å². The van der Waals surface area contributed by atoms with Crippen LogP contribution in [0.15, 0.2) is 42.5 Å². The van der Waals surface area contributed by atoms with Gasteiger partial charge in [-0.05, 0) is 38.1 Å². The lowest BCUT2D eigenvalue weighted by Crippen LogP contribution is -2.40. The number of pyridine rings is 1. The predicted molar refractivity (Wildman–Crippen MR) is 165 cm³/mol. The molecule has 0 radical (unpaired) electrons. The highest BCUT2D eigenvalue weighted by Gasteiger charge is 2.21. The molecule has 0 saturated carbocycles. The summed E-state index contributed by atoms with van der Waals surface area (Å²) in [4.78, 5) is 37.6. The smallest absolute Gasteiger partial charge is 0.341 e. The fourth-order valence-corrected chi connectivity index (χ4v) is 5.26. The molecule has 10 nitrogen and oxygen atoms in total. The number of carbonyl (C=O) groups excluding carboxylic acids is 1. The minimum Gasteiger partial charge on any atom is -0.479 e. The van der Waals surface area contributed by atoms with Crippen molar-refractivity contribution in [3.63, 3.8) is 0 Å². The van der Waals surface area contributed by atoms with Gasteiger partial charge in [-0.25, -0.2) is 19.2 Å². The maximum Gasteiger partial charge on any atom is 0.341 e. The number of rotatable bonds is 16. The first kappa shape index (κ1) is 31.7. The van der Waals surface area contributed by atoms with Crippen LogP contribution in [-0.4, -0.2) is 74.1 Å². The van der Waals surface area contributed by atoms with Crippen LogP contribution in [0.2, 0.25) is 0 Å². The molecule has 4 rings (SSSR count). The van der Waals surface area contributed by atoms with E-state index >= 15 is 4.39 Å². The summed E-state index contributed by atoms with van der Waals surface area (Å²) in [6, 6.07) is 12.4. The number of hydrogen-bond donors (Lipinski definition) is 2. The van der Waals surface area contributed by atoms with Gasteiger partial charge in [0.05, 0.1) is 17.6 Å². The highest BCUT2D eigenvalue weighted by atomic mass is 19.1. The molecule has 0 saturated heterocycles. The molecule has 4 aromatic rings. The molecular formula is C32H41FN6O4. The van der Waals surface area contributed by atoms with Crippen LogP contribution < -0.4 is 10.5 Å². The van der Waals surface area contributed by atoms with Gasteiger partial charge in [0, 0.05) is 37.0 Å². The lowest BCUT2D eigenvalue weighted by atomic mass is 10.1. The van der Waals surface area contributed by atoms with Crippen LogP contribution in [-0.2, 0) is 29.1 Å². The van der Waals surface area contributed by atoms with Crippen LogP contribution in [0, 0.1) is 5.82 Å². The van der Waals surface area contributed by atoms with E-state index in [-0.39, 0.29) is 30.3 Å². The number of carboxylic acids is 1. The number of imidazole rings is 1. The van der Waals surface area contributed by atoms with Crippen LogP contribution in [0.3, 0.4) is 0 Å². The maximum atomic E-state index is 15.3. The Bertz CT molecular complexity index is 1570. The standard InChI is InChI=1S/C32H41FN6O4/c1-4-7-16-26-36-30-31(23-13-8-9-14-24(23)35-32(30)34)39(26)18-11-17-38(27(40)20-37(5-2)6-3)19-22-12-10-15-25(29(22)33)43-21-28(41)42/h8-10,12-15H,4-7,11,16-21H2,1-3H3,(H2,34,35)(H,41,42). The number of halogens is 1. The van der Waals surface area contributed by atoms with E-state index in [1.807, 2.05) is 43.0 Å². The molecule has 2 heterocycles. The first-order chi connectivity index (χ1) is 20.8. The van der Waals surface area contributed by atoms with E-state index in [1.165, 1.54) is 6.07 Å². The average molecular weight is 593 g/mol. The Hall–Kier alpha value is -4.25. The third-order valence-electron chi connectivity index (χ3n) is 7.61. The molecule has 2 aromatic carbocycles. The molecule has 0 spiro atoms. The number of aryl methyl sites for hydroxylation is 2. The molecule has 2 aromatic heterocycles. The van der Waals surface area contributed by atoms with Crippen molar-refractivity contribution in [1.29, 1.82) is 0 Å². The second-order valence-corrected chi connectivity index (χ2v) is 10.5. The van der Waals surface area contributed by atoms with Gasteiger partial charge in [0.15, 0.2) is 24.0 Å². The molecule has 11 heteroatoms. The van der Waals surface area contributed by atoms with Crippen LogP contribution in [0.1, 0.15) is 51.4 Å². The number of para-hydroxylation sites is 1. The molecule has 43 heavy (non-hydrogen) atoms. The highest BCUT2D eigenvalue weighted by molar-refractivity contribution is 6.06. The Balaban J connectivity index is 1.62. The zero-order valence-corrected chi connectivity index (χ0v) is 25.2. The average Bonchev–Trinajstić information content (AvgIpc) is 3.37. The summed E-state index contributed by atoms with van der Waals surface area (Å²) in [5.74, 6) is -0.809. The molecule has 0 aliphatic carbocycles. The molecular weight excluding hydrogens is 551 g/mol. The number of anilines is 1. The van der Waals surface area contributed by atoms with Crippen molar-refractivity contribution in [1.82, 2.24) is 24.3 Å². The van der Waals surface area contributed by atoms with Crippen molar-refractivity contribution in [2.45, 2.75) is 59.5 Å². The van der Waals surface area contributed by atoms with Gasteiger partial charge in [-0.15, -0.1) is 0 Å². The molecule has 230 valence electrons. The van der Waals surface area contributed by atoms with Crippen molar-refractivity contribution in [3.05, 3.63) is 59.7 Å². The molecule has 1 amide bonds. The maximum absolute atomic E-state index is 15.3. The Morgan fingerprint density at radius 3 is 2.53 bits per heavy atom. The zero-order valence-electron chi connectivity index (χ0n) is 25.2. The summed E-state index contributed by atoms with van der Waals surface area (Å²) < 4.78 is 22.6. The van der Waals surface area contributed by atoms with Gasteiger partial charge in [-0.1, -0.05) is 57.5 Å². The van der Waals surface area contributed by atoms with E-state index in [1.54, 1.807) is 17.0 Å². The number of amides is 1. The molecule has 0 bridgehead atoms. The van der Waals surface area contributed by atoms with Crippen molar-refractivity contribution in [2.24, 2.45) is 0 Å². The summed E-state index contributed by atoms with van der Waals surface area (Å²) in [6.07, 6.45) is 3.38. The van der Waals surface area contributed by atoms with Crippen molar-refractivity contribution in [3.8, 4) is 5.75 Å². The largest absolute Gasteiger partial charge is 0.479 e. The highest BCUT2D eigenvalue weighted by Crippen LogP contribution is 2.30. The van der Waals surface area contributed by atoms with Crippen LogP contribution in [0.4, 0.5) is 10.2 Å². The Kier molecular flexibility index (Phi) is 10.9. The van der Waals surface area contributed by atoms with E-state index in [2.05, 4.69) is 16.5 Å². The number of hydrogen-bond acceptors (Lipinski definition) is 7. The van der Waals surface area contributed by atoms with Gasteiger partial charge in [-0.2, -0.15) is 0 Å². The Morgan fingerprint density at radius 2 is 1.81 bits per heavy atom. The van der Waals surface area contributed by atoms with Gasteiger partial charge < -0.3 is 25.0 Å². The molecule has 0 aliphatic rings. The normalized spacial score (nSPS) is 11.5. The minimum absolute atomic E-state index is 0.0311. The molecule has 3 N–H and O–H groups in total. The van der Waals surface area contributed by atoms with E-state index < -0.39 is 18.4 Å². The second-order valence-electron chi connectivity index (χ2n) is 10.5. The number of nitrogens with zero attached hydrogens (tertiary/aromatic N) is 5. The van der Waals surface area contributed by atoms with Crippen molar-refractivity contribution in [2.75, 3.05) is 38.5 Å². The van der Waals surface area contributed by atoms with Gasteiger partial charge in [-0.3, -0.25) is 9.69 Å². The van der Waals surface area contributed by atoms with Crippen LogP contribution in [0.5, 0.6) is 5.75 Å². The van der Waals surface area contributed by atoms with Gasteiger partial charge in [0.2, 0.25) is 5.91 Å². The Labute approximate surface area is 251 Å². The van der Waals surface area contributed by atoms with E-state index in [4.69, 9.17) is 20.6 Å². The van der Waals surface area contributed by atoms with E-state index in [0.29, 0.717) is 43.9 Å². The lowest BCUT2D eigenvalue weighted by molar-refractivity contribution is -0.139. The predicted octanol–water partition coefficient (Wildman–Crippen LogP) is 4.87. The van der Waals surface area contributed by atoms with Crippen molar-refractivity contribution < 1.29 is 23.8 Å². The fraction of sp³-hybridized carbons (Fsp3) is 0.438. The van der Waals surface area contributed by atoms with Crippen molar-refractivity contribution >= 4 is 39.6 Å². The third-order valence-corrected chi connectivity index (χ3v) is 7.61. The Morgan fingerprint density at radius 1 is 1.05 bits per heavy atom. The summed E-state index contributed by atoms with van der Waals surface area (Å²) in [6.45, 7) is 8.12. The molecule has 0 unspecified atom stereocenters. The van der Waals surface area contributed by atoms with Gasteiger partial charge >= 0.3 is 5.97 Å². The quantitative estimate of drug-likeness (QED) is 0.189. The van der Waals surface area contributed by atoms with Gasteiger partial charge in [0.25, 0.3) is 0 Å². The topological polar surface area (TPSA) is 127 Å². The lowest BCUT2D eigenvalue weighted by Gasteiger charge is -2.27. The van der Waals surface area contributed by atoms with E-state index in [0.717, 1.165) is 41.5 Å². The number of nitrogen functional groups attached to an aromatic ring is 1. The number of ether oxygens (including phenoxy) is 1. The molecule has 0 fully saturated rings. The second kappa shape index (κ2) is 14.8. The number of likely N-dealkylation sites (N-methyl/N-ethyl adjacent to an activating group) is 1. The number of carbonyl (C=O) groups is 2. The number of nitrogens with two attached hydrogens (primary N) is 1. The molecule has 0 aliphatic heterocycles. The number of aliphatic carboxylic acids is 1. The zero-order chi connectivity index (χ0) is 30.9. The molecule has 0 atom stereocenters. The summed E-state index contributed by atoms with van der Waals surface area (Å²) in [7, 11) is 0. The monoisotopic (exact) mass is 592 g/mol. The number of aromatic nitrogens is 3. The first-order valence-electron chi connectivity index (χ1n) is 14.9.